The molecule has 27 heavy (non-hydrogen) atoms. The number of hydrogen-bond acceptors (Lipinski definition) is 4. The van der Waals surface area contributed by atoms with Crippen LogP contribution in [0.2, 0.25) is 0 Å². The molecule has 0 radical (unpaired) electrons. The van der Waals surface area contributed by atoms with E-state index >= 15 is 0 Å². The molecule has 0 bridgehead atoms. The van der Waals surface area contributed by atoms with Gasteiger partial charge in [0.05, 0.1) is 12.2 Å². The van der Waals surface area contributed by atoms with Crippen LogP contribution in [0.4, 0.5) is 5.69 Å². The van der Waals surface area contributed by atoms with Crippen LogP contribution in [0.25, 0.3) is 0 Å². The topological polar surface area (TPSA) is 71.4 Å². The van der Waals surface area contributed by atoms with E-state index in [2.05, 4.69) is 5.32 Å². The van der Waals surface area contributed by atoms with E-state index in [0.717, 1.165) is 10.4 Å². The average Bonchev–Trinajstić information content (AvgIpc) is 3.39. The van der Waals surface area contributed by atoms with Crippen molar-refractivity contribution in [3.8, 4) is 0 Å². The van der Waals surface area contributed by atoms with Gasteiger partial charge in [0.25, 0.3) is 15.9 Å². The van der Waals surface area contributed by atoms with Gasteiger partial charge in [-0.3, -0.25) is 9.10 Å². The van der Waals surface area contributed by atoms with Gasteiger partial charge in [-0.2, -0.15) is 0 Å². The third-order valence-electron chi connectivity index (χ3n) is 4.65. The van der Waals surface area contributed by atoms with Crippen molar-refractivity contribution in [3.05, 3.63) is 70.2 Å². The summed E-state index contributed by atoms with van der Waals surface area (Å²) in [6.45, 7) is 0.833. The fourth-order valence-electron chi connectivity index (χ4n) is 3.26. The number of amides is 1. The number of hydrogen-bond donors (Lipinski definition) is 1. The van der Waals surface area contributed by atoms with Crippen LogP contribution in [0.5, 0.6) is 0 Å². The molecule has 0 aliphatic carbocycles. The summed E-state index contributed by atoms with van der Waals surface area (Å²) in [4.78, 5) is 13.7. The molecule has 8 heteroatoms. The predicted molar refractivity (Wildman–Crippen MR) is 106 cm³/mol. The highest BCUT2D eigenvalue weighted by Gasteiger charge is 2.32. The largest absolute Gasteiger partial charge is 0.346 e. The van der Waals surface area contributed by atoms with E-state index in [1.165, 1.54) is 16.6 Å². The number of anilines is 1. The summed E-state index contributed by atoms with van der Waals surface area (Å²) in [6, 6.07) is 12.8. The van der Waals surface area contributed by atoms with E-state index in [1.54, 1.807) is 23.0 Å². The SMILES string of the molecule is Cn1cc(S(=O)(=O)N2CCc3ccccc32)cc1C(=O)NCc1cccs1. The second kappa shape index (κ2) is 6.86. The Kier molecular flexibility index (Phi) is 4.53. The third kappa shape index (κ3) is 3.26. The first-order valence-corrected chi connectivity index (χ1v) is 10.9. The summed E-state index contributed by atoms with van der Waals surface area (Å²) in [6.07, 6.45) is 2.19. The van der Waals surface area contributed by atoms with Gasteiger partial charge in [-0.15, -0.1) is 11.3 Å². The summed E-state index contributed by atoms with van der Waals surface area (Å²) >= 11 is 1.56. The van der Waals surface area contributed by atoms with Gasteiger partial charge in [0.2, 0.25) is 0 Å². The number of nitrogens with zero attached hydrogens (tertiary/aromatic N) is 2. The molecule has 0 fully saturated rings. The molecule has 0 saturated carbocycles. The molecule has 0 spiro atoms. The monoisotopic (exact) mass is 401 g/mol. The van der Waals surface area contributed by atoms with Crippen LogP contribution < -0.4 is 9.62 Å². The Bertz CT molecular complexity index is 1090. The van der Waals surface area contributed by atoms with Crippen molar-refractivity contribution in [1.82, 2.24) is 9.88 Å². The molecule has 0 atom stereocenters. The molecule has 2 aromatic heterocycles. The Hall–Kier alpha value is -2.58. The Balaban J connectivity index is 1.58. The molecule has 4 rings (SSSR count). The quantitative estimate of drug-likeness (QED) is 0.715. The van der Waals surface area contributed by atoms with Crippen molar-refractivity contribution in [2.24, 2.45) is 7.05 Å². The second-order valence-corrected chi connectivity index (χ2v) is 9.28. The van der Waals surface area contributed by atoms with E-state index in [1.807, 2.05) is 41.8 Å². The van der Waals surface area contributed by atoms with Crippen molar-refractivity contribution in [3.63, 3.8) is 0 Å². The minimum absolute atomic E-state index is 0.128. The highest BCUT2D eigenvalue weighted by Crippen LogP contribution is 2.33. The molecule has 1 aliphatic rings. The minimum Gasteiger partial charge on any atom is -0.346 e. The fraction of sp³-hybridized carbons (Fsp3) is 0.211. The minimum atomic E-state index is -3.71. The van der Waals surface area contributed by atoms with Crippen molar-refractivity contribution < 1.29 is 13.2 Å². The first kappa shape index (κ1) is 17.8. The van der Waals surface area contributed by atoms with Crippen LogP contribution >= 0.6 is 11.3 Å². The Morgan fingerprint density at radius 2 is 2.04 bits per heavy atom. The average molecular weight is 402 g/mol. The predicted octanol–water partition coefficient (Wildman–Crippen LogP) is 2.77. The van der Waals surface area contributed by atoms with Crippen LogP contribution in [-0.4, -0.2) is 25.4 Å². The Labute approximate surface area is 162 Å². The number of carbonyl (C=O) groups excluding carboxylic acids is 1. The lowest BCUT2D eigenvalue weighted by atomic mass is 10.2. The van der Waals surface area contributed by atoms with Gasteiger partial charge >= 0.3 is 0 Å². The second-order valence-electron chi connectivity index (χ2n) is 6.39. The highest BCUT2D eigenvalue weighted by molar-refractivity contribution is 7.92. The summed E-state index contributed by atoms with van der Waals surface area (Å²) < 4.78 is 29.2. The summed E-state index contributed by atoms with van der Waals surface area (Å²) in [5, 5.41) is 4.78. The lowest BCUT2D eigenvalue weighted by Gasteiger charge is -2.18. The molecule has 1 aliphatic heterocycles. The number of aryl methyl sites for hydroxylation is 1. The first-order chi connectivity index (χ1) is 13.0. The highest BCUT2D eigenvalue weighted by atomic mass is 32.2. The number of fused-ring (bicyclic) bond motifs is 1. The van der Waals surface area contributed by atoms with E-state index < -0.39 is 10.0 Å². The zero-order valence-corrected chi connectivity index (χ0v) is 16.4. The number of para-hydroxylation sites is 1. The zero-order chi connectivity index (χ0) is 19.0. The zero-order valence-electron chi connectivity index (χ0n) is 14.8. The number of carbonyl (C=O) groups is 1. The molecule has 3 heterocycles. The normalized spacial score (nSPS) is 13.6. The fourth-order valence-corrected chi connectivity index (χ4v) is 5.48. The van der Waals surface area contributed by atoms with Crippen LogP contribution in [0, 0.1) is 0 Å². The van der Waals surface area contributed by atoms with Gasteiger partial charge in [0.1, 0.15) is 10.6 Å². The lowest BCUT2D eigenvalue weighted by molar-refractivity contribution is 0.0943. The van der Waals surface area contributed by atoms with Crippen molar-refractivity contribution in [2.45, 2.75) is 17.9 Å². The summed E-state index contributed by atoms with van der Waals surface area (Å²) in [5.41, 5.74) is 2.05. The van der Waals surface area contributed by atoms with Crippen LogP contribution in [0.15, 0.2) is 58.9 Å². The molecule has 1 N–H and O–H groups in total. The van der Waals surface area contributed by atoms with Gasteiger partial charge < -0.3 is 9.88 Å². The number of sulfonamides is 1. The number of rotatable bonds is 5. The van der Waals surface area contributed by atoms with Gasteiger partial charge in [-0.1, -0.05) is 24.3 Å². The first-order valence-electron chi connectivity index (χ1n) is 8.54. The van der Waals surface area contributed by atoms with Crippen LogP contribution in [0.3, 0.4) is 0 Å². The summed E-state index contributed by atoms with van der Waals surface area (Å²) in [7, 11) is -2.03. The lowest BCUT2D eigenvalue weighted by Crippen LogP contribution is -2.28. The molecular weight excluding hydrogens is 382 g/mol. The molecule has 6 nitrogen and oxygen atoms in total. The number of nitrogens with one attached hydrogen (secondary N) is 1. The van der Waals surface area contributed by atoms with E-state index in [4.69, 9.17) is 0 Å². The van der Waals surface area contributed by atoms with Gasteiger partial charge in [0.15, 0.2) is 0 Å². The standard InChI is InChI=1S/C19H19N3O3S2/c1-21-13-16(11-18(21)19(23)20-12-15-6-4-10-26-15)27(24,25)22-9-8-14-5-2-3-7-17(14)22/h2-7,10-11,13H,8-9,12H2,1H3,(H,20,23). The maximum absolute atomic E-state index is 13.1. The van der Waals surface area contributed by atoms with E-state index in [0.29, 0.717) is 30.9 Å². The smallest absolute Gasteiger partial charge is 0.268 e. The maximum atomic E-state index is 13.1. The molecular formula is C19H19N3O3S2. The summed E-state index contributed by atoms with van der Waals surface area (Å²) in [5.74, 6) is -0.297. The van der Waals surface area contributed by atoms with Crippen molar-refractivity contribution in [1.29, 1.82) is 0 Å². The Morgan fingerprint density at radius 3 is 2.81 bits per heavy atom. The number of thiophene rings is 1. The van der Waals surface area contributed by atoms with Crippen LogP contribution in [0.1, 0.15) is 20.9 Å². The van der Waals surface area contributed by atoms with Gasteiger partial charge in [-0.25, -0.2) is 8.42 Å². The molecule has 1 amide bonds. The molecule has 140 valence electrons. The van der Waals surface area contributed by atoms with E-state index in [9.17, 15) is 13.2 Å². The van der Waals surface area contributed by atoms with E-state index in [-0.39, 0.29) is 10.8 Å². The van der Waals surface area contributed by atoms with Crippen molar-refractivity contribution in [2.75, 3.05) is 10.8 Å². The molecule has 1 aromatic carbocycles. The third-order valence-corrected chi connectivity index (χ3v) is 7.30. The maximum Gasteiger partial charge on any atom is 0.268 e. The molecule has 3 aromatic rings. The van der Waals surface area contributed by atoms with Gasteiger partial charge in [-0.05, 0) is 35.6 Å². The number of aromatic nitrogens is 1. The molecule has 0 saturated heterocycles. The number of benzene rings is 1. The van der Waals surface area contributed by atoms with Crippen molar-refractivity contribution >= 4 is 33.0 Å². The Morgan fingerprint density at radius 1 is 1.22 bits per heavy atom. The van der Waals surface area contributed by atoms with Crippen LogP contribution in [-0.2, 0) is 30.0 Å². The molecule has 0 unspecified atom stereocenters. The van der Waals surface area contributed by atoms with Gasteiger partial charge in [0, 0.05) is 24.7 Å².